The summed E-state index contributed by atoms with van der Waals surface area (Å²) in [5.74, 6) is -0.305. The van der Waals surface area contributed by atoms with Crippen molar-refractivity contribution in [3.05, 3.63) is 59.7 Å². The molecule has 0 heterocycles. The number of carbonyl (C=O) groups is 3. The predicted molar refractivity (Wildman–Crippen MR) is 107 cm³/mol. The molecule has 0 aliphatic carbocycles. The number of anilines is 1. The van der Waals surface area contributed by atoms with Gasteiger partial charge in [-0.15, -0.1) is 0 Å². The predicted octanol–water partition coefficient (Wildman–Crippen LogP) is 4.11. The molecule has 2 aromatic rings. The van der Waals surface area contributed by atoms with E-state index in [4.69, 9.17) is 9.47 Å². The molecule has 0 radical (unpaired) electrons. The molecule has 6 nitrogen and oxygen atoms in total. The van der Waals surface area contributed by atoms with Crippen molar-refractivity contribution in [2.75, 3.05) is 11.9 Å². The van der Waals surface area contributed by atoms with Crippen LogP contribution in [-0.4, -0.2) is 30.4 Å². The van der Waals surface area contributed by atoms with Gasteiger partial charge in [0.05, 0.1) is 12.2 Å². The van der Waals surface area contributed by atoms with E-state index in [9.17, 15) is 14.4 Å². The Kier molecular flexibility index (Phi) is 7.32. The van der Waals surface area contributed by atoms with Crippen molar-refractivity contribution < 1.29 is 23.9 Å². The Morgan fingerprint density at radius 1 is 0.893 bits per heavy atom. The van der Waals surface area contributed by atoms with Crippen molar-refractivity contribution >= 4 is 23.3 Å². The molecule has 0 aliphatic heterocycles. The molecule has 6 heteroatoms. The molecule has 2 rings (SSSR count). The van der Waals surface area contributed by atoms with E-state index in [0.29, 0.717) is 29.2 Å². The Hall–Kier alpha value is -3.15. The van der Waals surface area contributed by atoms with Crippen LogP contribution in [0.3, 0.4) is 0 Å². The lowest BCUT2D eigenvalue weighted by Gasteiger charge is -2.14. The molecule has 28 heavy (non-hydrogen) atoms. The third-order valence-electron chi connectivity index (χ3n) is 4.01. The molecule has 0 aromatic heterocycles. The zero-order chi connectivity index (χ0) is 20.7. The fourth-order valence-electron chi connectivity index (χ4n) is 2.38. The minimum absolute atomic E-state index is 0.0814. The molecule has 1 amide bonds. The van der Waals surface area contributed by atoms with Gasteiger partial charge in [-0.1, -0.05) is 13.8 Å². The van der Waals surface area contributed by atoms with Gasteiger partial charge in [0.1, 0.15) is 5.75 Å². The minimum Gasteiger partial charge on any atom is -0.483 e. The zero-order valence-corrected chi connectivity index (χ0v) is 16.5. The normalized spacial score (nSPS) is 11.6. The van der Waals surface area contributed by atoms with Crippen LogP contribution in [0, 0.1) is 5.92 Å². The number of esters is 1. The van der Waals surface area contributed by atoms with Crippen molar-refractivity contribution in [2.24, 2.45) is 5.92 Å². The summed E-state index contributed by atoms with van der Waals surface area (Å²) in [5, 5.41) is 2.78. The van der Waals surface area contributed by atoms with E-state index >= 15 is 0 Å². The molecule has 1 atom stereocenters. The third-order valence-corrected chi connectivity index (χ3v) is 4.01. The smallest absolute Gasteiger partial charge is 0.338 e. The van der Waals surface area contributed by atoms with Gasteiger partial charge in [-0.2, -0.15) is 0 Å². The van der Waals surface area contributed by atoms with Gasteiger partial charge in [-0.05, 0) is 62.4 Å². The maximum absolute atomic E-state index is 12.6. The van der Waals surface area contributed by atoms with Crippen molar-refractivity contribution in [2.45, 2.75) is 33.8 Å². The molecule has 0 aliphatic rings. The van der Waals surface area contributed by atoms with Crippen LogP contribution in [0.25, 0.3) is 0 Å². The monoisotopic (exact) mass is 383 g/mol. The summed E-state index contributed by atoms with van der Waals surface area (Å²) in [6.45, 7) is 7.34. The number of amides is 1. The molecule has 2 aromatic carbocycles. The first-order valence-electron chi connectivity index (χ1n) is 9.20. The van der Waals surface area contributed by atoms with Crippen LogP contribution in [0.4, 0.5) is 5.69 Å². The summed E-state index contributed by atoms with van der Waals surface area (Å²) in [6.07, 6.45) is -0.704. The summed E-state index contributed by atoms with van der Waals surface area (Å²) < 4.78 is 10.6. The van der Waals surface area contributed by atoms with Crippen molar-refractivity contribution in [1.29, 1.82) is 0 Å². The highest BCUT2D eigenvalue weighted by Gasteiger charge is 2.17. The van der Waals surface area contributed by atoms with E-state index < -0.39 is 12.1 Å². The first-order valence-corrected chi connectivity index (χ1v) is 9.20. The largest absolute Gasteiger partial charge is 0.483 e. The standard InChI is InChI=1S/C22H25NO5/c1-5-27-22(26)17-8-12-19(13-9-17)28-15(4)20(24)16-6-10-18(11-7-16)23-21(25)14(2)3/h6-15H,5H2,1-4H3,(H,23,25)/t15-/m0/s1. The van der Waals surface area contributed by atoms with E-state index in [2.05, 4.69) is 5.32 Å². The highest BCUT2D eigenvalue weighted by Crippen LogP contribution is 2.18. The number of carbonyl (C=O) groups excluding carboxylic acids is 3. The minimum atomic E-state index is -0.704. The summed E-state index contributed by atoms with van der Waals surface area (Å²) >= 11 is 0. The maximum atomic E-state index is 12.6. The van der Waals surface area contributed by atoms with Crippen LogP contribution in [0.2, 0.25) is 0 Å². The molecule has 0 fully saturated rings. The summed E-state index contributed by atoms with van der Waals surface area (Å²) in [5.41, 5.74) is 1.55. The van der Waals surface area contributed by atoms with E-state index in [1.54, 1.807) is 62.4 Å². The van der Waals surface area contributed by atoms with Gasteiger partial charge in [0.15, 0.2) is 6.10 Å². The maximum Gasteiger partial charge on any atom is 0.338 e. The Balaban J connectivity index is 1.98. The quantitative estimate of drug-likeness (QED) is 0.548. The molecule has 0 bridgehead atoms. The van der Waals surface area contributed by atoms with Crippen molar-refractivity contribution in [3.63, 3.8) is 0 Å². The SMILES string of the molecule is CCOC(=O)c1ccc(O[C@@H](C)C(=O)c2ccc(NC(=O)C(C)C)cc2)cc1. The van der Waals surface area contributed by atoms with Crippen LogP contribution in [0.15, 0.2) is 48.5 Å². The highest BCUT2D eigenvalue weighted by molar-refractivity contribution is 6.00. The first kappa shape index (κ1) is 21.2. The number of rotatable bonds is 8. The molecular formula is C22H25NO5. The number of hydrogen-bond donors (Lipinski definition) is 1. The Labute approximate surface area is 164 Å². The topological polar surface area (TPSA) is 81.7 Å². The van der Waals surface area contributed by atoms with Crippen LogP contribution >= 0.6 is 0 Å². The molecule has 0 saturated heterocycles. The van der Waals surface area contributed by atoms with E-state index in [-0.39, 0.29) is 17.6 Å². The number of hydrogen-bond acceptors (Lipinski definition) is 5. The van der Waals surface area contributed by atoms with Crippen LogP contribution in [-0.2, 0) is 9.53 Å². The number of benzene rings is 2. The zero-order valence-electron chi connectivity index (χ0n) is 16.5. The van der Waals surface area contributed by atoms with Crippen LogP contribution < -0.4 is 10.1 Å². The van der Waals surface area contributed by atoms with Crippen molar-refractivity contribution in [3.8, 4) is 5.75 Å². The van der Waals surface area contributed by atoms with Gasteiger partial charge in [0.25, 0.3) is 0 Å². The number of Topliss-reactive ketones (excluding diaryl/α,β-unsaturated/α-hetero) is 1. The first-order chi connectivity index (χ1) is 13.3. The molecule has 0 unspecified atom stereocenters. The van der Waals surface area contributed by atoms with Crippen LogP contribution in [0.5, 0.6) is 5.75 Å². The van der Waals surface area contributed by atoms with Gasteiger partial charge >= 0.3 is 5.97 Å². The fraction of sp³-hybridized carbons (Fsp3) is 0.318. The Morgan fingerprint density at radius 2 is 1.46 bits per heavy atom. The Bertz CT molecular complexity index is 825. The van der Waals surface area contributed by atoms with E-state index in [1.165, 1.54) is 0 Å². The average molecular weight is 383 g/mol. The molecule has 148 valence electrons. The third kappa shape index (κ3) is 5.67. The highest BCUT2D eigenvalue weighted by atomic mass is 16.5. The lowest BCUT2D eigenvalue weighted by Crippen LogP contribution is -2.24. The van der Waals surface area contributed by atoms with Crippen LogP contribution in [0.1, 0.15) is 48.4 Å². The number of ketones is 1. The van der Waals surface area contributed by atoms with Gasteiger partial charge in [0, 0.05) is 17.2 Å². The van der Waals surface area contributed by atoms with Gasteiger partial charge in [-0.25, -0.2) is 4.79 Å². The lowest BCUT2D eigenvalue weighted by molar-refractivity contribution is -0.118. The summed E-state index contributed by atoms with van der Waals surface area (Å²) in [6, 6.07) is 13.1. The van der Waals surface area contributed by atoms with E-state index in [0.717, 1.165) is 0 Å². The molecular weight excluding hydrogens is 358 g/mol. The van der Waals surface area contributed by atoms with Gasteiger partial charge in [-0.3, -0.25) is 9.59 Å². The second-order valence-corrected chi connectivity index (χ2v) is 6.59. The second-order valence-electron chi connectivity index (χ2n) is 6.59. The van der Waals surface area contributed by atoms with Gasteiger partial charge < -0.3 is 14.8 Å². The molecule has 1 N–H and O–H groups in total. The van der Waals surface area contributed by atoms with E-state index in [1.807, 2.05) is 13.8 Å². The summed E-state index contributed by atoms with van der Waals surface area (Å²) in [7, 11) is 0. The summed E-state index contributed by atoms with van der Waals surface area (Å²) in [4.78, 5) is 35.9. The average Bonchev–Trinajstić information content (AvgIpc) is 2.68. The number of ether oxygens (including phenoxy) is 2. The number of nitrogens with one attached hydrogen (secondary N) is 1. The lowest BCUT2D eigenvalue weighted by atomic mass is 10.1. The second kappa shape index (κ2) is 9.69. The molecule has 0 spiro atoms. The fourth-order valence-corrected chi connectivity index (χ4v) is 2.38. The Morgan fingerprint density at radius 3 is 2.00 bits per heavy atom. The molecule has 0 saturated carbocycles. The van der Waals surface area contributed by atoms with Crippen molar-refractivity contribution in [1.82, 2.24) is 0 Å². The van der Waals surface area contributed by atoms with Gasteiger partial charge in [0.2, 0.25) is 11.7 Å².